The van der Waals surface area contributed by atoms with E-state index in [0.29, 0.717) is 27.0 Å². The van der Waals surface area contributed by atoms with E-state index in [-0.39, 0.29) is 28.6 Å². The number of thioether (sulfide) groups is 1. The molecule has 0 unspecified atom stereocenters. The zero-order valence-electron chi connectivity index (χ0n) is 15.4. The first kappa shape index (κ1) is 21.4. The summed E-state index contributed by atoms with van der Waals surface area (Å²) in [4.78, 5) is 12.1. The highest BCUT2D eigenvalue weighted by molar-refractivity contribution is 7.99. The van der Waals surface area contributed by atoms with Crippen LogP contribution in [-0.2, 0) is 4.79 Å². The van der Waals surface area contributed by atoms with E-state index >= 15 is 0 Å². The Hall–Kier alpha value is -2.29. The molecule has 0 aliphatic heterocycles. The summed E-state index contributed by atoms with van der Waals surface area (Å²) in [6, 6.07) is 9.37. The van der Waals surface area contributed by atoms with Gasteiger partial charge < -0.3 is 14.5 Å². The summed E-state index contributed by atoms with van der Waals surface area (Å²) >= 11 is 13.0. The quantitative estimate of drug-likeness (QED) is 0.460. The van der Waals surface area contributed by atoms with Gasteiger partial charge in [0.15, 0.2) is 6.10 Å². The van der Waals surface area contributed by atoms with Crippen molar-refractivity contribution in [2.45, 2.75) is 25.2 Å². The lowest BCUT2D eigenvalue weighted by atomic mass is 10.2. The highest BCUT2D eigenvalue weighted by Crippen LogP contribution is 2.31. The molecule has 0 bridgehead atoms. The van der Waals surface area contributed by atoms with Crippen LogP contribution in [0.4, 0.5) is 10.1 Å². The van der Waals surface area contributed by atoms with E-state index in [1.54, 1.807) is 38.1 Å². The molecule has 3 rings (SSSR count). The summed E-state index contributed by atoms with van der Waals surface area (Å²) in [6.45, 7) is 3.32. The van der Waals surface area contributed by atoms with Gasteiger partial charge in [0, 0.05) is 16.3 Å². The zero-order chi connectivity index (χ0) is 21.0. The second kappa shape index (κ2) is 9.47. The van der Waals surface area contributed by atoms with Crippen LogP contribution in [0, 0.1) is 12.7 Å². The van der Waals surface area contributed by atoms with Crippen LogP contribution in [0.3, 0.4) is 0 Å². The van der Waals surface area contributed by atoms with Gasteiger partial charge in [0.2, 0.25) is 5.91 Å². The number of carbonyl (C=O) groups is 1. The fraction of sp³-hybridized carbons (Fsp3) is 0.211. The van der Waals surface area contributed by atoms with Crippen molar-refractivity contribution in [2.24, 2.45) is 0 Å². The minimum atomic E-state index is -0.556. The van der Waals surface area contributed by atoms with E-state index in [9.17, 15) is 9.18 Å². The topological polar surface area (TPSA) is 77.2 Å². The molecule has 152 valence electrons. The van der Waals surface area contributed by atoms with Crippen LogP contribution in [0.15, 0.2) is 46.0 Å². The number of hydrogen-bond acceptors (Lipinski definition) is 6. The van der Waals surface area contributed by atoms with Crippen LogP contribution in [0.1, 0.15) is 24.5 Å². The van der Waals surface area contributed by atoms with Gasteiger partial charge in [-0.3, -0.25) is 4.79 Å². The molecule has 0 aliphatic carbocycles. The summed E-state index contributed by atoms with van der Waals surface area (Å²) in [6.07, 6.45) is -0.556. The smallest absolute Gasteiger partial charge is 0.277 e. The molecule has 0 spiro atoms. The first-order valence-corrected chi connectivity index (χ1v) is 10.2. The van der Waals surface area contributed by atoms with Crippen molar-refractivity contribution in [1.82, 2.24) is 10.2 Å². The van der Waals surface area contributed by atoms with E-state index in [2.05, 4.69) is 15.5 Å². The molecule has 10 heteroatoms. The van der Waals surface area contributed by atoms with Crippen LogP contribution >= 0.6 is 35.0 Å². The molecule has 0 aliphatic rings. The lowest BCUT2D eigenvalue weighted by molar-refractivity contribution is -0.113. The van der Waals surface area contributed by atoms with Gasteiger partial charge in [0.05, 0.1) is 10.8 Å². The predicted octanol–water partition coefficient (Wildman–Crippen LogP) is 5.69. The van der Waals surface area contributed by atoms with E-state index in [4.69, 9.17) is 32.4 Å². The number of amides is 1. The maximum atomic E-state index is 13.5. The van der Waals surface area contributed by atoms with Crippen LogP contribution in [0.5, 0.6) is 5.75 Å². The summed E-state index contributed by atoms with van der Waals surface area (Å²) in [5, 5.41) is 11.6. The van der Waals surface area contributed by atoms with Gasteiger partial charge in [0.25, 0.3) is 11.1 Å². The summed E-state index contributed by atoms with van der Waals surface area (Å²) in [5.74, 6) is -0.0104. The van der Waals surface area contributed by atoms with Crippen molar-refractivity contribution in [3.05, 3.63) is 63.7 Å². The number of ether oxygens (including phenoxy) is 1. The Morgan fingerprint density at radius 2 is 2.10 bits per heavy atom. The van der Waals surface area contributed by atoms with Crippen molar-refractivity contribution in [3.8, 4) is 5.75 Å². The fourth-order valence-electron chi connectivity index (χ4n) is 2.31. The maximum absolute atomic E-state index is 13.5. The number of nitrogens with zero attached hydrogens (tertiary/aromatic N) is 2. The van der Waals surface area contributed by atoms with Gasteiger partial charge in [-0.1, -0.05) is 41.0 Å². The molecule has 3 aromatic rings. The summed E-state index contributed by atoms with van der Waals surface area (Å²) in [7, 11) is 0. The highest BCUT2D eigenvalue weighted by atomic mass is 35.5. The van der Waals surface area contributed by atoms with Crippen molar-refractivity contribution in [1.29, 1.82) is 0 Å². The molecular formula is C19H16Cl2FN3O3S. The molecule has 2 aromatic carbocycles. The van der Waals surface area contributed by atoms with Gasteiger partial charge in [-0.2, -0.15) is 0 Å². The Balaban J connectivity index is 1.55. The van der Waals surface area contributed by atoms with E-state index in [1.165, 1.54) is 12.1 Å². The van der Waals surface area contributed by atoms with Crippen LogP contribution in [0.2, 0.25) is 10.0 Å². The summed E-state index contributed by atoms with van der Waals surface area (Å²) in [5.41, 5.74) is 0.793. The molecule has 1 aromatic heterocycles. The van der Waals surface area contributed by atoms with E-state index < -0.39 is 6.10 Å². The van der Waals surface area contributed by atoms with Crippen molar-refractivity contribution >= 4 is 46.6 Å². The second-order valence-electron chi connectivity index (χ2n) is 5.99. The minimum absolute atomic E-state index is 0.0236. The van der Waals surface area contributed by atoms with E-state index in [0.717, 1.165) is 11.8 Å². The lowest BCUT2D eigenvalue weighted by Crippen LogP contribution is -2.15. The van der Waals surface area contributed by atoms with Gasteiger partial charge in [-0.15, -0.1) is 10.2 Å². The maximum Gasteiger partial charge on any atom is 0.277 e. The van der Waals surface area contributed by atoms with Crippen molar-refractivity contribution in [2.75, 3.05) is 11.1 Å². The van der Waals surface area contributed by atoms with Gasteiger partial charge in [0.1, 0.15) is 11.6 Å². The third-order valence-electron chi connectivity index (χ3n) is 3.84. The molecule has 1 heterocycles. The average Bonchev–Trinajstić information content (AvgIpc) is 3.15. The number of anilines is 1. The standard InChI is InChI=1S/C19H16Cl2FN3O3S/c1-10-14(22)4-3-5-15(10)23-17(26)9-29-19-25-24-18(28-19)11(2)27-16-7-6-12(20)8-13(16)21/h3-8,11H,9H2,1-2H3,(H,23,26)/t11-/m1/s1. The molecule has 1 amide bonds. The predicted molar refractivity (Wildman–Crippen MR) is 110 cm³/mol. The first-order chi connectivity index (χ1) is 13.8. The fourth-order valence-corrected chi connectivity index (χ4v) is 3.33. The number of benzene rings is 2. The Bertz CT molecular complexity index is 1030. The highest BCUT2D eigenvalue weighted by Gasteiger charge is 2.18. The molecule has 6 nitrogen and oxygen atoms in total. The Morgan fingerprint density at radius 1 is 1.31 bits per heavy atom. The summed E-state index contributed by atoms with van der Waals surface area (Å²) < 4.78 is 24.8. The molecular weight excluding hydrogens is 440 g/mol. The first-order valence-electron chi connectivity index (χ1n) is 8.46. The third-order valence-corrected chi connectivity index (χ3v) is 5.18. The second-order valence-corrected chi connectivity index (χ2v) is 7.76. The molecule has 1 atom stereocenters. The monoisotopic (exact) mass is 455 g/mol. The number of carbonyl (C=O) groups excluding carboxylic acids is 1. The zero-order valence-corrected chi connectivity index (χ0v) is 17.7. The Labute approximate surface area is 180 Å². The number of hydrogen-bond donors (Lipinski definition) is 1. The number of nitrogens with one attached hydrogen (secondary N) is 1. The molecule has 0 saturated carbocycles. The number of rotatable bonds is 7. The third kappa shape index (κ3) is 5.62. The largest absolute Gasteiger partial charge is 0.479 e. The molecule has 0 radical (unpaired) electrons. The average molecular weight is 456 g/mol. The van der Waals surface area contributed by atoms with E-state index in [1.807, 2.05) is 0 Å². The molecule has 0 fully saturated rings. The SMILES string of the molecule is Cc1c(F)cccc1NC(=O)CSc1nnc([C@@H](C)Oc2ccc(Cl)cc2Cl)o1. The van der Waals surface area contributed by atoms with Crippen molar-refractivity contribution in [3.63, 3.8) is 0 Å². The Morgan fingerprint density at radius 3 is 2.86 bits per heavy atom. The van der Waals surface area contributed by atoms with Crippen LogP contribution in [0.25, 0.3) is 0 Å². The molecule has 29 heavy (non-hydrogen) atoms. The molecule has 1 N–H and O–H groups in total. The van der Waals surface area contributed by atoms with Gasteiger partial charge >= 0.3 is 0 Å². The van der Waals surface area contributed by atoms with Crippen molar-refractivity contribution < 1.29 is 18.3 Å². The van der Waals surface area contributed by atoms with Gasteiger partial charge in [-0.05, 0) is 44.2 Å². The number of aromatic nitrogens is 2. The normalized spacial score (nSPS) is 11.9. The lowest BCUT2D eigenvalue weighted by Gasteiger charge is -2.12. The minimum Gasteiger partial charge on any atom is -0.479 e. The van der Waals surface area contributed by atoms with Crippen LogP contribution < -0.4 is 10.1 Å². The van der Waals surface area contributed by atoms with Crippen LogP contribution in [-0.4, -0.2) is 21.9 Å². The Kier molecular flexibility index (Phi) is 7.00. The molecule has 0 saturated heterocycles. The van der Waals surface area contributed by atoms with Gasteiger partial charge in [-0.25, -0.2) is 4.39 Å². The number of halogens is 3.